The van der Waals surface area contributed by atoms with Gasteiger partial charge in [-0.15, -0.1) is 0 Å². The van der Waals surface area contributed by atoms with E-state index in [-0.39, 0.29) is 0 Å². The first-order chi connectivity index (χ1) is 13.7. The molecule has 5 aromatic rings. The number of aryl methyl sites for hydroxylation is 1. The van der Waals surface area contributed by atoms with Crippen LogP contribution in [0.15, 0.2) is 84.9 Å². The molecule has 0 aliphatic rings. The highest BCUT2D eigenvalue weighted by Gasteiger charge is 2.15. The number of rotatable bonds is 2. The average molecular weight is 362 g/mol. The van der Waals surface area contributed by atoms with Crippen LogP contribution in [-0.2, 0) is 7.05 Å². The van der Waals surface area contributed by atoms with Crippen LogP contribution >= 0.6 is 0 Å². The molecule has 0 spiro atoms. The second kappa shape index (κ2) is 6.50. The Morgan fingerprint density at radius 3 is 1.82 bits per heavy atom. The van der Waals surface area contributed by atoms with E-state index in [1.807, 2.05) is 24.3 Å². The van der Waals surface area contributed by atoms with Crippen molar-refractivity contribution in [2.24, 2.45) is 7.05 Å². The van der Waals surface area contributed by atoms with Crippen molar-refractivity contribution >= 4 is 44.7 Å². The van der Waals surface area contributed by atoms with E-state index in [1.54, 1.807) is 6.07 Å². The van der Waals surface area contributed by atoms with Gasteiger partial charge in [0.1, 0.15) is 12.8 Å². The lowest BCUT2D eigenvalue weighted by Crippen LogP contribution is -2.30. The van der Waals surface area contributed by atoms with Crippen molar-refractivity contribution in [1.29, 1.82) is 0 Å². The third-order valence-electron chi connectivity index (χ3n) is 5.48. The highest BCUT2D eigenvalue weighted by Crippen LogP contribution is 2.31. The minimum atomic E-state index is 0.296. The summed E-state index contributed by atoms with van der Waals surface area (Å²) >= 11 is 0. The molecule has 1 N–H and O–H groups in total. The second-order valence-electron chi connectivity index (χ2n) is 7.06. The van der Waals surface area contributed by atoms with Gasteiger partial charge in [0.25, 0.3) is 0 Å². The zero-order chi connectivity index (χ0) is 19.1. The Balaban J connectivity index is 1.81. The van der Waals surface area contributed by atoms with Crippen LogP contribution in [0.5, 0.6) is 5.75 Å². The average Bonchev–Trinajstić information content (AvgIpc) is 2.75. The van der Waals surface area contributed by atoms with E-state index in [0.717, 1.165) is 21.9 Å². The van der Waals surface area contributed by atoms with E-state index >= 15 is 0 Å². The lowest BCUT2D eigenvalue weighted by atomic mass is 9.99. The summed E-state index contributed by atoms with van der Waals surface area (Å²) in [5.41, 5.74) is 4.38. The summed E-state index contributed by atoms with van der Waals surface area (Å²) in [6.45, 7) is 0. The molecule has 0 aliphatic heterocycles. The summed E-state index contributed by atoms with van der Waals surface area (Å²) in [5.74, 6) is 0.296. The Labute approximate surface area is 163 Å². The van der Waals surface area contributed by atoms with Gasteiger partial charge in [0.05, 0.1) is 10.8 Å². The van der Waals surface area contributed by atoms with Crippen molar-refractivity contribution in [3.8, 4) is 5.75 Å². The maximum absolute atomic E-state index is 10.5. The first-order valence-corrected chi connectivity index (χ1v) is 9.42. The van der Waals surface area contributed by atoms with Crippen LogP contribution in [0.1, 0.15) is 11.1 Å². The topological polar surface area (TPSA) is 24.1 Å². The van der Waals surface area contributed by atoms with Gasteiger partial charge in [0, 0.05) is 23.3 Å². The SMILES string of the molecule is C[n+]1c2ccccc2c(C=Cc2c(O)ccc3ccccc23)c2ccccc21. The van der Waals surface area contributed by atoms with Crippen molar-refractivity contribution in [3.63, 3.8) is 0 Å². The molecule has 0 saturated heterocycles. The quantitative estimate of drug-likeness (QED) is 0.309. The van der Waals surface area contributed by atoms with E-state index in [1.165, 1.54) is 21.8 Å². The predicted molar refractivity (Wildman–Crippen MR) is 117 cm³/mol. The van der Waals surface area contributed by atoms with Crippen LogP contribution in [0.3, 0.4) is 0 Å². The molecule has 1 heterocycles. The summed E-state index contributed by atoms with van der Waals surface area (Å²) in [4.78, 5) is 0. The molecular formula is C26H20NO+. The number of para-hydroxylation sites is 2. The van der Waals surface area contributed by atoms with Crippen LogP contribution in [0, 0.1) is 0 Å². The van der Waals surface area contributed by atoms with E-state index in [2.05, 4.69) is 78.4 Å². The normalized spacial score (nSPS) is 11.8. The van der Waals surface area contributed by atoms with E-state index < -0.39 is 0 Å². The van der Waals surface area contributed by atoms with Gasteiger partial charge in [-0.3, -0.25) is 0 Å². The highest BCUT2D eigenvalue weighted by atomic mass is 16.3. The van der Waals surface area contributed by atoms with Gasteiger partial charge in [0.15, 0.2) is 0 Å². The summed E-state index contributed by atoms with van der Waals surface area (Å²) in [5, 5.41) is 15.1. The van der Waals surface area contributed by atoms with E-state index in [9.17, 15) is 5.11 Å². The number of hydrogen-bond acceptors (Lipinski definition) is 1. The molecule has 0 atom stereocenters. The smallest absolute Gasteiger partial charge is 0.213 e. The first-order valence-electron chi connectivity index (χ1n) is 9.42. The molecular weight excluding hydrogens is 342 g/mol. The Morgan fingerprint density at radius 1 is 0.607 bits per heavy atom. The maximum Gasteiger partial charge on any atom is 0.213 e. The monoisotopic (exact) mass is 362 g/mol. The Hall–Kier alpha value is -3.65. The maximum atomic E-state index is 10.5. The van der Waals surface area contributed by atoms with Gasteiger partial charge >= 0.3 is 0 Å². The highest BCUT2D eigenvalue weighted by molar-refractivity contribution is 6.04. The zero-order valence-corrected chi connectivity index (χ0v) is 15.6. The summed E-state index contributed by atoms with van der Waals surface area (Å²) in [6.07, 6.45) is 4.16. The largest absolute Gasteiger partial charge is 0.507 e. The minimum absolute atomic E-state index is 0.296. The molecule has 1 aromatic heterocycles. The van der Waals surface area contributed by atoms with Gasteiger partial charge in [0.2, 0.25) is 11.0 Å². The molecule has 0 radical (unpaired) electrons. The molecule has 2 nitrogen and oxygen atoms in total. The number of aromatic hydroxyl groups is 1. The molecule has 4 aromatic carbocycles. The fraction of sp³-hybridized carbons (Fsp3) is 0.0385. The first kappa shape index (κ1) is 16.5. The van der Waals surface area contributed by atoms with E-state index in [0.29, 0.717) is 5.75 Å². The van der Waals surface area contributed by atoms with Gasteiger partial charge in [-0.2, -0.15) is 4.57 Å². The number of nitrogens with zero attached hydrogens (tertiary/aromatic N) is 1. The molecule has 0 saturated carbocycles. The minimum Gasteiger partial charge on any atom is -0.507 e. The lowest BCUT2D eigenvalue weighted by molar-refractivity contribution is -0.617. The van der Waals surface area contributed by atoms with Gasteiger partial charge in [-0.1, -0.05) is 60.7 Å². The van der Waals surface area contributed by atoms with Crippen molar-refractivity contribution in [2.45, 2.75) is 0 Å². The molecule has 0 amide bonds. The van der Waals surface area contributed by atoms with Crippen molar-refractivity contribution in [2.75, 3.05) is 0 Å². The van der Waals surface area contributed by atoms with Crippen LogP contribution in [0.2, 0.25) is 0 Å². The number of fused-ring (bicyclic) bond motifs is 3. The molecule has 0 unspecified atom stereocenters. The van der Waals surface area contributed by atoms with Crippen molar-refractivity contribution in [1.82, 2.24) is 0 Å². The Bertz CT molecular complexity index is 1330. The Morgan fingerprint density at radius 2 is 1.14 bits per heavy atom. The lowest BCUT2D eigenvalue weighted by Gasteiger charge is -2.08. The zero-order valence-electron chi connectivity index (χ0n) is 15.6. The number of phenols is 1. The van der Waals surface area contributed by atoms with Gasteiger partial charge in [-0.25, -0.2) is 0 Å². The molecule has 0 fully saturated rings. The molecule has 5 rings (SSSR count). The fourth-order valence-electron chi connectivity index (χ4n) is 4.07. The number of benzene rings is 4. The van der Waals surface area contributed by atoms with Crippen molar-refractivity contribution in [3.05, 3.63) is 96.1 Å². The summed E-state index contributed by atoms with van der Waals surface area (Å²) in [6, 6.07) is 28.8. The van der Waals surface area contributed by atoms with Crippen LogP contribution < -0.4 is 4.57 Å². The number of aromatic nitrogens is 1. The molecule has 28 heavy (non-hydrogen) atoms. The van der Waals surface area contributed by atoms with Crippen LogP contribution in [-0.4, -0.2) is 5.11 Å². The van der Waals surface area contributed by atoms with Gasteiger partial charge in [-0.05, 0) is 35.0 Å². The summed E-state index contributed by atoms with van der Waals surface area (Å²) < 4.78 is 2.23. The third-order valence-corrected chi connectivity index (χ3v) is 5.48. The fourth-order valence-corrected chi connectivity index (χ4v) is 4.07. The van der Waals surface area contributed by atoms with Crippen LogP contribution in [0.4, 0.5) is 0 Å². The van der Waals surface area contributed by atoms with Crippen LogP contribution in [0.25, 0.3) is 44.7 Å². The summed E-state index contributed by atoms with van der Waals surface area (Å²) in [7, 11) is 2.11. The Kier molecular flexibility index (Phi) is 3.84. The van der Waals surface area contributed by atoms with E-state index in [4.69, 9.17) is 0 Å². The molecule has 0 bridgehead atoms. The predicted octanol–water partition coefficient (Wildman–Crippen LogP) is 5.85. The molecule has 134 valence electrons. The second-order valence-corrected chi connectivity index (χ2v) is 7.06. The third kappa shape index (κ3) is 2.54. The number of phenolic OH excluding ortho intramolecular Hbond substituents is 1. The van der Waals surface area contributed by atoms with Crippen molar-refractivity contribution < 1.29 is 9.67 Å². The standard InChI is InChI=1S/C26H19NO/c1-27-24-12-6-4-10-21(24)20(22-11-5-7-13-25(22)27)15-16-23-19-9-3-2-8-18(19)14-17-26(23)28/h2-17H,1H3/p+1. The molecule has 0 aliphatic carbocycles. The number of pyridine rings is 1. The number of hydrogen-bond donors (Lipinski definition) is 1. The molecule has 2 heteroatoms. The van der Waals surface area contributed by atoms with Gasteiger partial charge < -0.3 is 5.11 Å².